The van der Waals surface area contributed by atoms with E-state index in [2.05, 4.69) is 15.8 Å². The third-order valence-electron chi connectivity index (χ3n) is 4.54. The fourth-order valence-corrected chi connectivity index (χ4v) is 3.76. The molecular formula is C22H21N3O3S. The molecule has 2 aromatic carbocycles. The van der Waals surface area contributed by atoms with Crippen molar-refractivity contribution in [1.82, 2.24) is 5.16 Å². The highest BCUT2D eigenvalue weighted by atomic mass is 32.2. The molecule has 0 bridgehead atoms. The molecule has 1 aromatic heterocycles. The fourth-order valence-electron chi connectivity index (χ4n) is 2.84. The van der Waals surface area contributed by atoms with Crippen LogP contribution in [0.25, 0.3) is 0 Å². The maximum atomic E-state index is 12.8. The van der Waals surface area contributed by atoms with Crippen LogP contribution in [0, 0.1) is 12.8 Å². The zero-order chi connectivity index (χ0) is 20.2. The first-order valence-electron chi connectivity index (χ1n) is 9.45. The van der Waals surface area contributed by atoms with Gasteiger partial charge in [0.25, 0.3) is 5.91 Å². The summed E-state index contributed by atoms with van der Waals surface area (Å²) < 4.78 is 5.24. The normalized spacial score (nSPS) is 13.1. The van der Waals surface area contributed by atoms with E-state index >= 15 is 0 Å². The monoisotopic (exact) mass is 407 g/mol. The summed E-state index contributed by atoms with van der Waals surface area (Å²) in [6, 6.07) is 16.5. The summed E-state index contributed by atoms with van der Waals surface area (Å²) in [6.07, 6.45) is 1.93. The molecule has 0 atom stereocenters. The van der Waals surface area contributed by atoms with Crippen molar-refractivity contribution in [2.45, 2.75) is 30.4 Å². The SMILES string of the molecule is Cc1cc(CSc2ccccc2C(=O)Nc2ccc(NC(=O)C3CC3)cc2)on1. The summed E-state index contributed by atoms with van der Waals surface area (Å²) in [5.41, 5.74) is 2.84. The largest absolute Gasteiger partial charge is 0.360 e. The molecule has 1 aliphatic rings. The Morgan fingerprint density at radius 2 is 1.76 bits per heavy atom. The molecule has 3 aromatic rings. The lowest BCUT2D eigenvalue weighted by Gasteiger charge is -2.10. The van der Waals surface area contributed by atoms with Crippen LogP contribution in [0.3, 0.4) is 0 Å². The highest BCUT2D eigenvalue weighted by Crippen LogP contribution is 2.30. The van der Waals surface area contributed by atoms with Crippen molar-refractivity contribution in [3.8, 4) is 0 Å². The zero-order valence-corrected chi connectivity index (χ0v) is 16.8. The molecule has 1 saturated carbocycles. The summed E-state index contributed by atoms with van der Waals surface area (Å²) >= 11 is 1.53. The van der Waals surface area contributed by atoms with E-state index in [-0.39, 0.29) is 17.7 Å². The van der Waals surface area contributed by atoms with E-state index in [1.165, 1.54) is 11.8 Å². The van der Waals surface area contributed by atoms with Crippen LogP contribution in [-0.4, -0.2) is 17.0 Å². The molecule has 0 spiro atoms. The Morgan fingerprint density at radius 3 is 2.41 bits per heavy atom. The third-order valence-corrected chi connectivity index (χ3v) is 5.63. The van der Waals surface area contributed by atoms with Gasteiger partial charge in [0.2, 0.25) is 5.91 Å². The van der Waals surface area contributed by atoms with Crippen LogP contribution in [-0.2, 0) is 10.5 Å². The van der Waals surface area contributed by atoms with Gasteiger partial charge in [-0.15, -0.1) is 11.8 Å². The molecule has 1 aliphatic carbocycles. The van der Waals surface area contributed by atoms with Crippen LogP contribution in [0.15, 0.2) is 64.0 Å². The van der Waals surface area contributed by atoms with Gasteiger partial charge in [0, 0.05) is 28.3 Å². The second kappa shape index (κ2) is 8.53. The predicted octanol–water partition coefficient (Wildman–Crippen LogP) is 4.88. The van der Waals surface area contributed by atoms with E-state index in [4.69, 9.17) is 4.52 Å². The van der Waals surface area contributed by atoms with E-state index in [1.54, 1.807) is 30.3 Å². The van der Waals surface area contributed by atoms with Crippen molar-refractivity contribution in [3.63, 3.8) is 0 Å². The van der Waals surface area contributed by atoms with E-state index in [1.807, 2.05) is 31.2 Å². The minimum absolute atomic E-state index is 0.0645. The number of anilines is 2. The Kier molecular flexibility index (Phi) is 5.67. The highest BCUT2D eigenvalue weighted by Gasteiger charge is 2.29. The van der Waals surface area contributed by atoms with E-state index < -0.39 is 0 Å². The lowest BCUT2D eigenvalue weighted by atomic mass is 10.2. The zero-order valence-electron chi connectivity index (χ0n) is 16.0. The number of aryl methyl sites for hydroxylation is 1. The fraction of sp³-hybridized carbons (Fsp3) is 0.227. The molecule has 1 heterocycles. The number of benzene rings is 2. The van der Waals surface area contributed by atoms with Crippen molar-refractivity contribution in [1.29, 1.82) is 0 Å². The molecule has 0 saturated heterocycles. The molecule has 7 heteroatoms. The number of hydrogen-bond acceptors (Lipinski definition) is 5. The molecule has 0 radical (unpaired) electrons. The Labute approximate surface area is 173 Å². The predicted molar refractivity (Wildman–Crippen MR) is 113 cm³/mol. The van der Waals surface area contributed by atoms with Crippen molar-refractivity contribution in [2.24, 2.45) is 5.92 Å². The van der Waals surface area contributed by atoms with Crippen LogP contribution in [0.4, 0.5) is 11.4 Å². The maximum Gasteiger partial charge on any atom is 0.256 e. The molecule has 1 fully saturated rings. The van der Waals surface area contributed by atoms with Gasteiger partial charge in [0.05, 0.1) is 17.0 Å². The van der Waals surface area contributed by atoms with Gasteiger partial charge in [-0.05, 0) is 56.2 Å². The van der Waals surface area contributed by atoms with Crippen molar-refractivity contribution < 1.29 is 14.1 Å². The van der Waals surface area contributed by atoms with Crippen LogP contribution >= 0.6 is 11.8 Å². The minimum Gasteiger partial charge on any atom is -0.360 e. The van der Waals surface area contributed by atoms with Crippen LogP contribution in [0.5, 0.6) is 0 Å². The number of hydrogen-bond donors (Lipinski definition) is 2. The smallest absolute Gasteiger partial charge is 0.256 e. The van der Waals surface area contributed by atoms with Crippen LogP contribution in [0.2, 0.25) is 0 Å². The van der Waals surface area contributed by atoms with Gasteiger partial charge in [-0.1, -0.05) is 17.3 Å². The number of rotatable bonds is 7. The summed E-state index contributed by atoms with van der Waals surface area (Å²) in [5, 5.41) is 9.69. The molecule has 29 heavy (non-hydrogen) atoms. The molecular weight excluding hydrogens is 386 g/mol. The molecule has 4 rings (SSSR count). The van der Waals surface area contributed by atoms with Crippen molar-refractivity contribution in [2.75, 3.05) is 10.6 Å². The van der Waals surface area contributed by atoms with Gasteiger partial charge in [-0.2, -0.15) is 0 Å². The average Bonchev–Trinajstić information content (AvgIpc) is 3.50. The topological polar surface area (TPSA) is 84.2 Å². The molecule has 0 aliphatic heterocycles. The molecule has 2 N–H and O–H groups in total. The number of amides is 2. The Hall–Kier alpha value is -3.06. The third kappa shape index (κ3) is 5.06. The van der Waals surface area contributed by atoms with E-state index in [9.17, 15) is 9.59 Å². The van der Waals surface area contributed by atoms with Crippen molar-refractivity contribution in [3.05, 3.63) is 71.6 Å². The Balaban J connectivity index is 1.39. The van der Waals surface area contributed by atoms with Gasteiger partial charge in [0.1, 0.15) is 5.76 Å². The average molecular weight is 407 g/mol. The standard InChI is InChI=1S/C22H21N3O3S/c1-14-12-18(28-25-14)13-29-20-5-3-2-4-19(20)22(27)24-17-10-8-16(9-11-17)23-21(26)15-6-7-15/h2-5,8-12,15H,6-7,13H2,1H3,(H,23,26)(H,24,27). The van der Waals surface area contributed by atoms with Crippen LogP contribution < -0.4 is 10.6 Å². The summed E-state index contributed by atoms with van der Waals surface area (Å²) in [6.45, 7) is 1.88. The van der Waals surface area contributed by atoms with Crippen LogP contribution in [0.1, 0.15) is 34.7 Å². The van der Waals surface area contributed by atoms with Gasteiger partial charge in [-0.25, -0.2) is 0 Å². The Morgan fingerprint density at radius 1 is 1.07 bits per heavy atom. The van der Waals surface area contributed by atoms with Gasteiger partial charge < -0.3 is 15.2 Å². The summed E-state index contributed by atoms with van der Waals surface area (Å²) in [7, 11) is 0. The molecule has 0 unspecified atom stereocenters. The number of nitrogens with one attached hydrogen (secondary N) is 2. The maximum absolute atomic E-state index is 12.8. The summed E-state index contributed by atoms with van der Waals surface area (Å²) in [5.74, 6) is 1.41. The Bertz CT molecular complexity index is 1030. The first-order chi connectivity index (χ1) is 14.1. The number of aromatic nitrogens is 1. The molecule has 2 amide bonds. The second-order valence-corrected chi connectivity index (χ2v) is 8.03. The lowest BCUT2D eigenvalue weighted by molar-refractivity contribution is -0.117. The van der Waals surface area contributed by atoms with Gasteiger partial charge >= 0.3 is 0 Å². The number of nitrogens with zero attached hydrogens (tertiary/aromatic N) is 1. The molecule has 6 nitrogen and oxygen atoms in total. The molecule has 148 valence electrons. The first-order valence-corrected chi connectivity index (χ1v) is 10.4. The number of carbonyl (C=O) groups is 2. The number of carbonyl (C=O) groups excluding carboxylic acids is 2. The van der Waals surface area contributed by atoms with E-state index in [0.717, 1.165) is 34.9 Å². The highest BCUT2D eigenvalue weighted by molar-refractivity contribution is 7.98. The second-order valence-electron chi connectivity index (χ2n) is 7.01. The minimum atomic E-state index is -0.184. The first kappa shape index (κ1) is 19.3. The summed E-state index contributed by atoms with van der Waals surface area (Å²) in [4.78, 5) is 25.5. The van der Waals surface area contributed by atoms with E-state index in [0.29, 0.717) is 17.0 Å². The van der Waals surface area contributed by atoms with Crippen molar-refractivity contribution >= 4 is 35.0 Å². The number of thioether (sulfide) groups is 1. The van der Waals surface area contributed by atoms with Gasteiger partial charge in [0.15, 0.2) is 0 Å². The quantitative estimate of drug-likeness (QED) is 0.546. The van der Waals surface area contributed by atoms with Gasteiger partial charge in [-0.3, -0.25) is 9.59 Å². The lowest BCUT2D eigenvalue weighted by Crippen LogP contribution is -2.14.